The highest BCUT2D eigenvalue weighted by atomic mass is 35.5. The van der Waals surface area contributed by atoms with Crippen LogP contribution in [-0.2, 0) is 6.61 Å². The van der Waals surface area contributed by atoms with Gasteiger partial charge in [0.2, 0.25) is 0 Å². The van der Waals surface area contributed by atoms with E-state index in [9.17, 15) is 13.9 Å². The minimum absolute atomic E-state index is 0.0959. The van der Waals surface area contributed by atoms with Gasteiger partial charge in [-0.3, -0.25) is 0 Å². The molecule has 0 amide bonds. The van der Waals surface area contributed by atoms with Gasteiger partial charge in [-0.15, -0.1) is 0 Å². The second kappa shape index (κ2) is 6.72. The molecule has 1 unspecified atom stereocenters. The highest BCUT2D eigenvalue weighted by molar-refractivity contribution is 6.32. The lowest BCUT2D eigenvalue weighted by atomic mass is 10.2. The normalized spacial score (nSPS) is 17.6. The Kier molecular flexibility index (Phi) is 4.68. The Labute approximate surface area is 138 Å². The maximum Gasteiger partial charge on any atom is 0.150 e. The number of aliphatic hydroxyl groups excluding tert-OH is 1. The number of benzene rings is 2. The summed E-state index contributed by atoms with van der Waals surface area (Å²) in [6, 6.07) is 8.71. The fourth-order valence-corrected chi connectivity index (χ4v) is 2.83. The number of β-amino-alcohol motifs (C(OH)–C–C–N with tert-alkyl or cyclic N) is 1. The van der Waals surface area contributed by atoms with E-state index in [2.05, 4.69) is 0 Å². The van der Waals surface area contributed by atoms with Gasteiger partial charge in [0.25, 0.3) is 0 Å². The van der Waals surface area contributed by atoms with Crippen molar-refractivity contribution in [3.63, 3.8) is 0 Å². The molecule has 2 aromatic rings. The Morgan fingerprint density at radius 1 is 1.26 bits per heavy atom. The molecule has 0 bridgehead atoms. The standard InChI is InChI=1S/C17H16ClF2NO2/c18-14-7-16(21-5-4-13(22)9-21)15(20)8-17(14)23-10-11-2-1-3-12(19)6-11/h1-3,6-8,13,22H,4-5,9-10H2. The number of aliphatic hydroxyl groups is 1. The van der Waals surface area contributed by atoms with Gasteiger partial charge in [-0.2, -0.15) is 0 Å². The van der Waals surface area contributed by atoms with Gasteiger partial charge in [-0.1, -0.05) is 23.7 Å². The van der Waals surface area contributed by atoms with Gasteiger partial charge >= 0.3 is 0 Å². The first-order valence-electron chi connectivity index (χ1n) is 7.32. The minimum atomic E-state index is -0.460. The molecule has 1 aliphatic rings. The molecule has 1 fully saturated rings. The fraction of sp³-hybridized carbons (Fsp3) is 0.294. The molecule has 23 heavy (non-hydrogen) atoms. The van der Waals surface area contributed by atoms with Crippen molar-refractivity contribution in [2.75, 3.05) is 18.0 Å². The number of hydrogen-bond acceptors (Lipinski definition) is 3. The monoisotopic (exact) mass is 339 g/mol. The summed E-state index contributed by atoms with van der Waals surface area (Å²) in [4.78, 5) is 1.75. The molecule has 3 rings (SSSR count). The van der Waals surface area contributed by atoms with Gasteiger partial charge in [-0.25, -0.2) is 8.78 Å². The third-order valence-corrected chi connectivity index (χ3v) is 4.08. The Hall–Kier alpha value is -1.85. The van der Waals surface area contributed by atoms with Crippen LogP contribution >= 0.6 is 11.6 Å². The Balaban J connectivity index is 1.74. The first-order chi connectivity index (χ1) is 11.0. The Morgan fingerprint density at radius 3 is 2.78 bits per heavy atom. The second-order valence-electron chi connectivity index (χ2n) is 5.54. The third kappa shape index (κ3) is 3.74. The maximum absolute atomic E-state index is 14.3. The molecule has 1 saturated heterocycles. The molecule has 3 nitrogen and oxygen atoms in total. The predicted octanol–water partition coefficient (Wildman–Crippen LogP) is 3.77. The largest absolute Gasteiger partial charge is 0.487 e. The van der Waals surface area contributed by atoms with E-state index in [-0.39, 0.29) is 23.2 Å². The smallest absolute Gasteiger partial charge is 0.150 e. The summed E-state index contributed by atoms with van der Waals surface area (Å²) in [5.74, 6) is -0.610. The predicted molar refractivity (Wildman–Crippen MR) is 85.0 cm³/mol. The summed E-state index contributed by atoms with van der Waals surface area (Å²) in [6.45, 7) is 1.06. The summed E-state index contributed by atoms with van der Waals surface area (Å²) in [7, 11) is 0. The zero-order valence-corrected chi connectivity index (χ0v) is 13.1. The zero-order valence-electron chi connectivity index (χ0n) is 12.3. The third-order valence-electron chi connectivity index (χ3n) is 3.79. The van der Waals surface area contributed by atoms with Crippen LogP contribution in [0.3, 0.4) is 0 Å². The van der Waals surface area contributed by atoms with Crippen LogP contribution in [0.5, 0.6) is 5.75 Å². The van der Waals surface area contributed by atoms with Crippen LogP contribution < -0.4 is 9.64 Å². The topological polar surface area (TPSA) is 32.7 Å². The Morgan fingerprint density at radius 2 is 2.09 bits per heavy atom. The van der Waals surface area contributed by atoms with Crippen molar-refractivity contribution in [1.82, 2.24) is 0 Å². The quantitative estimate of drug-likeness (QED) is 0.920. The van der Waals surface area contributed by atoms with E-state index in [1.165, 1.54) is 24.3 Å². The van der Waals surface area contributed by atoms with Gasteiger partial charge in [-0.05, 0) is 30.2 Å². The summed E-state index contributed by atoms with van der Waals surface area (Å²) < 4.78 is 32.9. The van der Waals surface area contributed by atoms with E-state index in [4.69, 9.17) is 16.3 Å². The molecule has 6 heteroatoms. The van der Waals surface area contributed by atoms with E-state index in [1.807, 2.05) is 0 Å². The molecule has 122 valence electrons. The van der Waals surface area contributed by atoms with Crippen LogP contribution in [0.1, 0.15) is 12.0 Å². The van der Waals surface area contributed by atoms with Crippen molar-refractivity contribution in [1.29, 1.82) is 0 Å². The number of rotatable bonds is 4. The van der Waals surface area contributed by atoms with Crippen molar-refractivity contribution in [2.45, 2.75) is 19.1 Å². The highest BCUT2D eigenvalue weighted by Crippen LogP contribution is 2.34. The summed E-state index contributed by atoms with van der Waals surface area (Å²) in [6.07, 6.45) is 0.159. The minimum Gasteiger partial charge on any atom is -0.487 e. The summed E-state index contributed by atoms with van der Waals surface area (Å²) in [5, 5.41) is 9.83. The van der Waals surface area contributed by atoms with Crippen molar-refractivity contribution in [3.8, 4) is 5.75 Å². The molecule has 0 aliphatic carbocycles. The van der Waals surface area contributed by atoms with Crippen molar-refractivity contribution in [2.24, 2.45) is 0 Å². The zero-order chi connectivity index (χ0) is 16.4. The molecule has 0 aromatic heterocycles. The number of hydrogen-bond donors (Lipinski definition) is 1. The van der Waals surface area contributed by atoms with E-state index >= 15 is 0 Å². The summed E-state index contributed by atoms with van der Waals surface area (Å²) in [5.41, 5.74) is 0.984. The van der Waals surface area contributed by atoms with Crippen LogP contribution in [0.25, 0.3) is 0 Å². The van der Waals surface area contributed by atoms with E-state index < -0.39 is 11.9 Å². The van der Waals surface area contributed by atoms with Crippen molar-refractivity contribution < 1.29 is 18.6 Å². The number of ether oxygens (including phenoxy) is 1. The molecule has 1 aliphatic heterocycles. The average molecular weight is 340 g/mol. The van der Waals surface area contributed by atoms with E-state index in [1.54, 1.807) is 17.0 Å². The second-order valence-corrected chi connectivity index (χ2v) is 5.95. The van der Waals surface area contributed by atoms with Crippen LogP contribution in [0.15, 0.2) is 36.4 Å². The fourth-order valence-electron chi connectivity index (χ4n) is 2.62. The molecule has 1 atom stereocenters. The highest BCUT2D eigenvalue weighted by Gasteiger charge is 2.24. The average Bonchev–Trinajstić information content (AvgIpc) is 2.94. The number of anilines is 1. The molecule has 0 saturated carbocycles. The molecular weight excluding hydrogens is 324 g/mol. The van der Waals surface area contributed by atoms with Gasteiger partial charge in [0.05, 0.1) is 16.8 Å². The Bertz CT molecular complexity index is 711. The maximum atomic E-state index is 14.3. The molecule has 2 aromatic carbocycles. The van der Waals surface area contributed by atoms with Gasteiger partial charge in [0, 0.05) is 19.2 Å². The SMILES string of the molecule is OC1CCN(c2cc(Cl)c(OCc3cccc(F)c3)cc2F)C1. The lowest BCUT2D eigenvalue weighted by Gasteiger charge is -2.20. The van der Waals surface area contributed by atoms with Crippen LogP contribution in [0.4, 0.5) is 14.5 Å². The molecule has 1 heterocycles. The number of nitrogens with zero attached hydrogens (tertiary/aromatic N) is 1. The molecular formula is C17H16ClF2NO2. The summed E-state index contributed by atoms with van der Waals surface area (Å²) >= 11 is 6.16. The van der Waals surface area contributed by atoms with Crippen molar-refractivity contribution in [3.05, 3.63) is 58.6 Å². The van der Waals surface area contributed by atoms with Crippen LogP contribution in [0, 0.1) is 11.6 Å². The first-order valence-corrected chi connectivity index (χ1v) is 7.70. The van der Waals surface area contributed by atoms with Gasteiger partial charge < -0.3 is 14.7 Å². The van der Waals surface area contributed by atoms with E-state index in [0.717, 1.165) is 0 Å². The lowest BCUT2D eigenvalue weighted by Crippen LogP contribution is -2.22. The van der Waals surface area contributed by atoms with Crippen molar-refractivity contribution >= 4 is 17.3 Å². The van der Waals surface area contributed by atoms with E-state index in [0.29, 0.717) is 30.8 Å². The lowest BCUT2D eigenvalue weighted by molar-refractivity contribution is 0.198. The van der Waals surface area contributed by atoms with Gasteiger partial charge in [0.15, 0.2) is 0 Å². The molecule has 0 spiro atoms. The number of halogens is 3. The molecule has 1 N–H and O–H groups in total. The van der Waals surface area contributed by atoms with Gasteiger partial charge in [0.1, 0.15) is 24.0 Å². The van der Waals surface area contributed by atoms with Crippen LogP contribution in [-0.4, -0.2) is 24.3 Å². The van der Waals surface area contributed by atoms with Crippen LogP contribution in [0.2, 0.25) is 5.02 Å². The molecule has 0 radical (unpaired) electrons. The first kappa shape index (κ1) is 16.0.